The van der Waals surface area contributed by atoms with Gasteiger partial charge >= 0.3 is 0 Å². The molecule has 0 unspecified atom stereocenters. The lowest BCUT2D eigenvalue weighted by atomic mass is 10.1. The van der Waals surface area contributed by atoms with Gasteiger partial charge in [-0.3, -0.25) is 0 Å². The molecule has 0 spiro atoms. The monoisotopic (exact) mass is 281 g/mol. The summed E-state index contributed by atoms with van der Waals surface area (Å²) in [6.07, 6.45) is 7.80. The molecule has 1 aromatic carbocycles. The molecule has 1 heterocycles. The lowest BCUT2D eigenvalue weighted by Crippen LogP contribution is -2.05. The summed E-state index contributed by atoms with van der Waals surface area (Å²) in [6.45, 7) is 1.01. The summed E-state index contributed by atoms with van der Waals surface area (Å²) in [5.74, 6) is 4.85. The van der Waals surface area contributed by atoms with Gasteiger partial charge in [-0.05, 0) is 18.4 Å². The Morgan fingerprint density at radius 2 is 2.19 bits per heavy atom. The summed E-state index contributed by atoms with van der Waals surface area (Å²) in [5.41, 5.74) is 9.24. The number of nitrogen functional groups attached to an aromatic ring is 1. The van der Waals surface area contributed by atoms with Crippen LogP contribution < -0.4 is 5.73 Å². The van der Waals surface area contributed by atoms with Crippen LogP contribution in [0.15, 0.2) is 24.3 Å². The number of terminal acetylenes is 1. The Bertz CT molecular complexity index is 693. The van der Waals surface area contributed by atoms with Crippen molar-refractivity contribution in [3.63, 3.8) is 0 Å². The molecule has 1 aromatic heterocycles. The van der Waals surface area contributed by atoms with Crippen molar-refractivity contribution >= 4 is 5.82 Å². The van der Waals surface area contributed by atoms with Crippen LogP contribution in [-0.4, -0.2) is 16.7 Å². The van der Waals surface area contributed by atoms with E-state index in [1.54, 1.807) is 7.11 Å². The number of anilines is 1. The number of rotatable bonds is 5. The minimum atomic E-state index is 0.469. The zero-order chi connectivity index (χ0) is 14.8. The quantitative estimate of drug-likeness (QED) is 0.857. The summed E-state index contributed by atoms with van der Waals surface area (Å²) in [4.78, 5) is 4.79. The molecular weight excluding hydrogens is 262 g/mol. The molecule has 108 valence electrons. The molecule has 4 heteroatoms. The Kier molecular flexibility index (Phi) is 3.68. The van der Waals surface area contributed by atoms with Crippen molar-refractivity contribution in [3.05, 3.63) is 35.7 Å². The first-order chi connectivity index (χ1) is 10.3. The Morgan fingerprint density at radius 1 is 1.43 bits per heavy atom. The maximum absolute atomic E-state index is 6.32. The van der Waals surface area contributed by atoms with E-state index in [0.29, 0.717) is 24.9 Å². The van der Waals surface area contributed by atoms with Crippen LogP contribution in [0, 0.1) is 12.3 Å². The van der Waals surface area contributed by atoms with Crippen LogP contribution in [0.2, 0.25) is 0 Å². The molecule has 0 bridgehead atoms. The molecule has 0 radical (unpaired) electrons. The maximum Gasteiger partial charge on any atom is 0.132 e. The van der Waals surface area contributed by atoms with Gasteiger partial charge in [-0.25, -0.2) is 4.98 Å². The number of methoxy groups -OCH3 is 1. The number of aromatic nitrogens is 2. The molecule has 2 N–H and O–H groups in total. The van der Waals surface area contributed by atoms with Gasteiger partial charge in [-0.15, -0.1) is 6.42 Å². The minimum Gasteiger partial charge on any atom is -0.383 e. The van der Waals surface area contributed by atoms with Crippen LogP contribution >= 0.6 is 0 Å². The molecule has 1 saturated carbocycles. The summed E-state index contributed by atoms with van der Waals surface area (Å²) >= 11 is 0. The zero-order valence-electron chi connectivity index (χ0n) is 12.2. The summed E-state index contributed by atoms with van der Waals surface area (Å²) in [5, 5.41) is 0. The Labute approximate surface area is 124 Å². The first kappa shape index (κ1) is 13.7. The molecule has 1 fully saturated rings. The average molecular weight is 281 g/mol. The number of imidazole rings is 1. The highest BCUT2D eigenvalue weighted by Crippen LogP contribution is 2.42. The van der Waals surface area contributed by atoms with Crippen LogP contribution in [0.3, 0.4) is 0 Å². The highest BCUT2D eigenvalue weighted by atomic mass is 16.5. The summed E-state index contributed by atoms with van der Waals surface area (Å²) in [7, 11) is 1.69. The van der Waals surface area contributed by atoms with Crippen molar-refractivity contribution in [3.8, 4) is 23.6 Å². The van der Waals surface area contributed by atoms with Crippen molar-refractivity contribution < 1.29 is 4.74 Å². The molecule has 4 nitrogen and oxygen atoms in total. The van der Waals surface area contributed by atoms with Gasteiger partial charge in [0.25, 0.3) is 0 Å². The SMILES string of the molecule is C#CCn1c(C2CC2)nc(-c2ccccc2COC)c1N. The number of hydrogen-bond acceptors (Lipinski definition) is 3. The highest BCUT2D eigenvalue weighted by molar-refractivity contribution is 5.74. The maximum atomic E-state index is 6.32. The van der Waals surface area contributed by atoms with E-state index in [9.17, 15) is 0 Å². The van der Waals surface area contributed by atoms with Crippen LogP contribution in [0.25, 0.3) is 11.3 Å². The Morgan fingerprint density at radius 3 is 2.86 bits per heavy atom. The van der Waals surface area contributed by atoms with Crippen molar-refractivity contribution in [2.75, 3.05) is 12.8 Å². The molecule has 1 aliphatic rings. The molecule has 0 amide bonds. The van der Waals surface area contributed by atoms with E-state index in [0.717, 1.165) is 22.6 Å². The second-order valence-corrected chi connectivity index (χ2v) is 5.36. The Balaban J connectivity index is 2.11. The predicted molar refractivity (Wildman–Crippen MR) is 83.6 cm³/mol. The molecule has 21 heavy (non-hydrogen) atoms. The van der Waals surface area contributed by atoms with Gasteiger partial charge < -0.3 is 15.0 Å². The van der Waals surface area contributed by atoms with Crippen molar-refractivity contribution in [2.45, 2.75) is 31.9 Å². The first-order valence-electron chi connectivity index (χ1n) is 7.12. The van der Waals surface area contributed by atoms with E-state index in [2.05, 4.69) is 5.92 Å². The minimum absolute atomic E-state index is 0.469. The van der Waals surface area contributed by atoms with E-state index in [4.69, 9.17) is 21.9 Å². The lowest BCUT2D eigenvalue weighted by Gasteiger charge is -2.08. The molecule has 3 rings (SSSR count). The summed E-state index contributed by atoms with van der Waals surface area (Å²) in [6, 6.07) is 8.05. The van der Waals surface area contributed by atoms with Crippen LogP contribution in [0.1, 0.15) is 30.1 Å². The molecule has 0 aliphatic heterocycles. The van der Waals surface area contributed by atoms with E-state index < -0.39 is 0 Å². The van der Waals surface area contributed by atoms with Crippen molar-refractivity contribution in [1.82, 2.24) is 9.55 Å². The fraction of sp³-hybridized carbons (Fsp3) is 0.353. The zero-order valence-corrected chi connectivity index (χ0v) is 12.2. The van der Waals surface area contributed by atoms with Crippen molar-refractivity contribution in [1.29, 1.82) is 0 Å². The Hall–Kier alpha value is -2.25. The van der Waals surface area contributed by atoms with Gasteiger partial charge in [0.15, 0.2) is 0 Å². The van der Waals surface area contributed by atoms with Crippen molar-refractivity contribution in [2.24, 2.45) is 0 Å². The normalized spacial score (nSPS) is 14.1. The van der Waals surface area contributed by atoms with E-state index in [-0.39, 0.29) is 0 Å². The van der Waals surface area contributed by atoms with Gasteiger partial charge in [-0.1, -0.05) is 30.2 Å². The van der Waals surface area contributed by atoms with E-state index >= 15 is 0 Å². The molecule has 1 aliphatic carbocycles. The topological polar surface area (TPSA) is 53.1 Å². The average Bonchev–Trinajstić information content (AvgIpc) is 3.28. The molecule has 0 saturated heterocycles. The van der Waals surface area contributed by atoms with Crippen LogP contribution in [-0.2, 0) is 17.9 Å². The largest absolute Gasteiger partial charge is 0.383 e. The molecule has 0 atom stereocenters. The van der Waals surface area contributed by atoms with Gasteiger partial charge in [0, 0.05) is 18.6 Å². The van der Waals surface area contributed by atoms with E-state index in [1.807, 2.05) is 28.8 Å². The highest BCUT2D eigenvalue weighted by Gasteiger charge is 2.31. The van der Waals surface area contributed by atoms with Crippen LogP contribution in [0.5, 0.6) is 0 Å². The fourth-order valence-corrected chi connectivity index (χ4v) is 2.62. The third-order valence-corrected chi connectivity index (χ3v) is 3.80. The van der Waals surface area contributed by atoms with Gasteiger partial charge in [0.2, 0.25) is 0 Å². The number of hydrogen-bond donors (Lipinski definition) is 1. The summed E-state index contributed by atoms with van der Waals surface area (Å²) < 4.78 is 7.24. The van der Waals surface area contributed by atoms with Crippen LogP contribution in [0.4, 0.5) is 5.82 Å². The van der Waals surface area contributed by atoms with E-state index in [1.165, 1.54) is 12.8 Å². The number of benzene rings is 1. The molecular formula is C17H19N3O. The number of nitrogens with zero attached hydrogens (tertiary/aromatic N) is 2. The number of nitrogens with two attached hydrogens (primary N) is 1. The third-order valence-electron chi connectivity index (χ3n) is 3.80. The van der Waals surface area contributed by atoms with Gasteiger partial charge in [-0.2, -0.15) is 0 Å². The smallest absolute Gasteiger partial charge is 0.132 e. The van der Waals surface area contributed by atoms with Gasteiger partial charge in [0.1, 0.15) is 17.3 Å². The van der Waals surface area contributed by atoms with Gasteiger partial charge in [0.05, 0.1) is 13.2 Å². The predicted octanol–water partition coefficient (Wildman–Crippen LogP) is 2.79. The third kappa shape index (κ3) is 2.53. The second-order valence-electron chi connectivity index (χ2n) is 5.36. The number of ether oxygens (including phenoxy) is 1. The first-order valence-corrected chi connectivity index (χ1v) is 7.12. The fourth-order valence-electron chi connectivity index (χ4n) is 2.62. The lowest BCUT2D eigenvalue weighted by molar-refractivity contribution is 0.185. The second kappa shape index (κ2) is 5.63. The standard InChI is InChI=1S/C17H19N3O/c1-3-10-20-16(18)15(19-17(20)12-8-9-12)14-7-5-4-6-13(14)11-21-2/h1,4-7,12H,8-11,18H2,2H3. The molecule has 2 aromatic rings.